The molecule has 3 nitrogen and oxygen atoms in total. The lowest BCUT2D eigenvalue weighted by Crippen LogP contribution is -2.03. The van der Waals surface area contributed by atoms with Gasteiger partial charge in [-0.05, 0) is 62.7 Å². The summed E-state index contributed by atoms with van der Waals surface area (Å²) >= 11 is 1.88. The summed E-state index contributed by atoms with van der Waals surface area (Å²) in [5, 5.41) is 3.22. The van der Waals surface area contributed by atoms with Gasteiger partial charge in [-0.3, -0.25) is 0 Å². The standard InChI is InChI=1S/C17H21N3S/c1-11-5-16-17(6-12(11)2)20(10-19-16)9-14-7-15(8-18-4)21-13(14)3/h5-7,10,18H,8-9H2,1-4H3. The molecule has 0 spiro atoms. The van der Waals surface area contributed by atoms with Crippen LogP contribution in [0.1, 0.15) is 26.4 Å². The molecule has 0 atom stereocenters. The third-order valence-electron chi connectivity index (χ3n) is 4.00. The third kappa shape index (κ3) is 2.74. The van der Waals surface area contributed by atoms with Crippen LogP contribution in [0.3, 0.4) is 0 Å². The molecule has 2 aromatic heterocycles. The van der Waals surface area contributed by atoms with Crippen molar-refractivity contribution in [3.63, 3.8) is 0 Å². The van der Waals surface area contributed by atoms with Crippen LogP contribution in [0.2, 0.25) is 0 Å². The van der Waals surface area contributed by atoms with Gasteiger partial charge in [0.2, 0.25) is 0 Å². The highest BCUT2D eigenvalue weighted by atomic mass is 32.1. The zero-order chi connectivity index (χ0) is 15.0. The van der Waals surface area contributed by atoms with Gasteiger partial charge in [0, 0.05) is 16.3 Å². The summed E-state index contributed by atoms with van der Waals surface area (Å²) in [6.45, 7) is 8.33. The summed E-state index contributed by atoms with van der Waals surface area (Å²) in [6, 6.07) is 6.73. The van der Waals surface area contributed by atoms with E-state index < -0.39 is 0 Å². The number of imidazole rings is 1. The van der Waals surface area contributed by atoms with Gasteiger partial charge >= 0.3 is 0 Å². The Morgan fingerprint density at radius 1 is 1.14 bits per heavy atom. The molecule has 0 saturated carbocycles. The molecule has 2 heterocycles. The number of benzene rings is 1. The molecular weight excluding hydrogens is 278 g/mol. The number of fused-ring (bicyclic) bond motifs is 1. The number of aromatic nitrogens is 2. The van der Waals surface area contributed by atoms with Crippen LogP contribution >= 0.6 is 11.3 Å². The summed E-state index contributed by atoms with van der Waals surface area (Å²) in [5.74, 6) is 0. The van der Waals surface area contributed by atoms with E-state index in [-0.39, 0.29) is 0 Å². The number of aryl methyl sites for hydroxylation is 3. The first-order chi connectivity index (χ1) is 10.1. The maximum absolute atomic E-state index is 4.54. The Hall–Kier alpha value is -1.65. The molecule has 0 bridgehead atoms. The predicted octanol–water partition coefficient (Wildman–Crippen LogP) is 3.79. The smallest absolute Gasteiger partial charge is 0.0961 e. The number of nitrogens with one attached hydrogen (secondary N) is 1. The van der Waals surface area contributed by atoms with Gasteiger partial charge in [-0.25, -0.2) is 4.98 Å². The molecule has 0 saturated heterocycles. The van der Waals surface area contributed by atoms with Gasteiger partial charge in [0.1, 0.15) is 0 Å². The van der Waals surface area contributed by atoms with Gasteiger partial charge in [0.25, 0.3) is 0 Å². The summed E-state index contributed by atoms with van der Waals surface area (Å²) in [5.41, 5.74) is 6.32. The summed E-state index contributed by atoms with van der Waals surface area (Å²) < 4.78 is 2.25. The second-order valence-electron chi connectivity index (χ2n) is 5.62. The first-order valence-electron chi connectivity index (χ1n) is 7.23. The Labute approximate surface area is 129 Å². The van der Waals surface area contributed by atoms with Gasteiger partial charge in [-0.2, -0.15) is 0 Å². The Balaban J connectivity index is 1.96. The largest absolute Gasteiger partial charge is 0.326 e. The molecule has 0 aliphatic rings. The van der Waals surface area contributed by atoms with Gasteiger partial charge in [-0.1, -0.05) is 0 Å². The van der Waals surface area contributed by atoms with Crippen molar-refractivity contribution in [2.24, 2.45) is 0 Å². The Kier molecular flexibility index (Phi) is 3.83. The van der Waals surface area contributed by atoms with Crippen molar-refractivity contribution < 1.29 is 0 Å². The second kappa shape index (κ2) is 5.62. The van der Waals surface area contributed by atoms with Crippen molar-refractivity contribution in [3.8, 4) is 0 Å². The van der Waals surface area contributed by atoms with Gasteiger partial charge in [-0.15, -0.1) is 11.3 Å². The van der Waals surface area contributed by atoms with E-state index in [1.165, 1.54) is 32.0 Å². The molecule has 3 aromatic rings. The highest BCUT2D eigenvalue weighted by Gasteiger charge is 2.09. The Morgan fingerprint density at radius 3 is 2.67 bits per heavy atom. The van der Waals surface area contributed by atoms with Crippen LogP contribution in [0, 0.1) is 20.8 Å². The molecule has 0 fully saturated rings. The number of hydrogen-bond acceptors (Lipinski definition) is 3. The molecule has 0 radical (unpaired) electrons. The van der Waals surface area contributed by atoms with E-state index in [0.717, 1.165) is 18.6 Å². The molecule has 0 aliphatic heterocycles. The molecule has 4 heteroatoms. The monoisotopic (exact) mass is 299 g/mol. The molecule has 1 N–H and O–H groups in total. The van der Waals surface area contributed by atoms with Crippen molar-refractivity contribution in [1.82, 2.24) is 14.9 Å². The SMILES string of the molecule is CNCc1cc(Cn2cnc3cc(C)c(C)cc32)c(C)s1. The molecule has 0 amide bonds. The minimum Gasteiger partial charge on any atom is -0.326 e. The van der Waals surface area contributed by atoms with Crippen LogP contribution in [0.25, 0.3) is 11.0 Å². The van der Waals surface area contributed by atoms with Crippen LogP contribution in [0.4, 0.5) is 0 Å². The average Bonchev–Trinajstić information content (AvgIpc) is 2.97. The first kappa shape index (κ1) is 14.3. The van der Waals surface area contributed by atoms with Crippen molar-refractivity contribution in [3.05, 3.63) is 51.0 Å². The topological polar surface area (TPSA) is 29.9 Å². The van der Waals surface area contributed by atoms with E-state index in [0.29, 0.717) is 0 Å². The molecule has 1 aromatic carbocycles. The van der Waals surface area contributed by atoms with E-state index in [1.807, 2.05) is 24.7 Å². The normalized spacial score (nSPS) is 11.4. The van der Waals surface area contributed by atoms with E-state index >= 15 is 0 Å². The fourth-order valence-electron chi connectivity index (χ4n) is 2.63. The van der Waals surface area contributed by atoms with Crippen LogP contribution in [0.5, 0.6) is 0 Å². The van der Waals surface area contributed by atoms with Crippen molar-refractivity contribution >= 4 is 22.4 Å². The summed E-state index contributed by atoms with van der Waals surface area (Å²) in [7, 11) is 1.99. The Bertz CT molecular complexity index is 783. The molecule has 21 heavy (non-hydrogen) atoms. The minimum atomic E-state index is 0.894. The lowest BCUT2D eigenvalue weighted by atomic mass is 10.1. The number of rotatable bonds is 4. The highest BCUT2D eigenvalue weighted by Crippen LogP contribution is 2.25. The van der Waals surface area contributed by atoms with Crippen molar-refractivity contribution in [2.75, 3.05) is 7.05 Å². The zero-order valence-electron chi connectivity index (χ0n) is 13.0. The summed E-state index contributed by atoms with van der Waals surface area (Å²) in [4.78, 5) is 7.33. The lowest BCUT2D eigenvalue weighted by Gasteiger charge is -2.06. The highest BCUT2D eigenvalue weighted by molar-refractivity contribution is 7.12. The van der Waals surface area contributed by atoms with Crippen LogP contribution in [-0.2, 0) is 13.1 Å². The van der Waals surface area contributed by atoms with E-state index in [1.54, 1.807) is 0 Å². The fraction of sp³-hybridized carbons (Fsp3) is 0.353. The average molecular weight is 299 g/mol. The predicted molar refractivity (Wildman–Crippen MR) is 90.1 cm³/mol. The van der Waals surface area contributed by atoms with Crippen molar-refractivity contribution in [1.29, 1.82) is 0 Å². The van der Waals surface area contributed by atoms with Gasteiger partial charge < -0.3 is 9.88 Å². The third-order valence-corrected chi connectivity index (χ3v) is 5.09. The number of hydrogen-bond donors (Lipinski definition) is 1. The minimum absolute atomic E-state index is 0.894. The molecule has 110 valence electrons. The first-order valence-corrected chi connectivity index (χ1v) is 8.05. The van der Waals surface area contributed by atoms with E-state index in [2.05, 4.69) is 53.8 Å². The van der Waals surface area contributed by atoms with Crippen molar-refractivity contribution in [2.45, 2.75) is 33.9 Å². The lowest BCUT2D eigenvalue weighted by molar-refractivity contribution is 0.812. The Morgan fingerprint density at radius 2 is 1.90 bits per heavy atom. The van der Waals surface area contributed by atoms with Gasteiger partial charge in [0.15, 0.2) is 0 Å². The molecule has 3 rings (SSSR count). The number of thiophene rings is 1. The second-order valence-corrected chi connectivity index (χ2v) is 6.96. The van der Waals surface area contributed by atoms with Crippen LogP contribution in [0.15, 0.2) is 24.5 Å². The maximum atomic E-state index is 4.54. The van der Waals surface area contributed by atoms with E-state index in [4.69, 9.17) is 0 Å². The van der Waals surface area contributed by atoms with Crippen LogP contribution in [-0.4, -0.2) is 16.6 Å². The molecule has 0 aliphatic carbocycles. The fourth-order valence-corrected chi connectivity index (χ4v) is 3.69. The van der Waals surface area contributed by atoms with Gasteiger partial charge in [0.05, 0.1) is 23.9 Å². The number of nitrogens with zero attached hydrogens (tertiary/aromatic N) is 2. The zero-order valence-corrected chi connectivity index (χ0v) is 13.8. The van der Waals surface area contributed by atoms with Crippen LogP contribution < -0.4 is 5.32 Å². The quantitative estimate of drug-likeness (QED) is 0.794. The molecule has 0 unspecified atom stereocenters. The molecular formula is C17H21N3S. The maximum Gasteiger partial charge on any atom is 0.0961 e. The van der Waals surface area contributed by atoms with E-state index in [9.17, 15) is 0 Å². The summed E-state index contributed by atoms with van der Waals surface area (Å²) in [6.07, 6.45) is 1.96.